The summed E-state index contributed by atoms with van der Waals surface area (Å²) in [4.78, 5) is 27.9. The molecule has 190 valence electrons. The summed E-state index contributed by atoms with van der Waals surface area (Å²) in [6, 6.07) is 4.39. The number of rotatable bonds is 6. The van der Waals surface area contributed by atoms with Crippen LogP contribution in [0.25, 0.3) is 11.4 Å². The van der Waals surface area contributed by atoms with E-state index >= 15 is 0 Å². The highest BCUT2D eigenvalue weighted by Gasteiger charge is 2.43. The first-order valence-corrected chi connectivity index (χ1v) is 12.2. The van der Waals surface area contributed by atoms with Crippen molar-refractivity contribution in [3.63, 3.8) is 0 Å². The third-order valence-electron chi connectivity index (χ3n) is 5.66. The normalized spacial score (nSPS) is 18.8. The summed E-state index contributed by atoms with van der Waals surface area (Å²) in [5, 5.41) is 2.65. The van der Waals surface area contributed by atoms with Crippen LogP contribution in [0.2, 0.25) is 0 Å². The maximum Gasteiger partial charge on any atom is 0.434 e. The van der Waals surface area contributed by atoms with Crippen LogP contribution >= 0.6 is 0 Å². The molecule has 3 aromatic rings. The molecule has 1 N–H and O–H groups in total. The van der Waals surface area contributed by atoms with Crippen molar-refractivity contribution in [3.05, 3.63) is 66.3 Å². The molecule has 3 heterocycles. The van der Waals surface area contributed by atoms with Gasteiger partial charge in [0.2, 0.25) is 15.9 Å². The Labute approximate surface area is 203 Å². The number of nitrogens with one attached hydrogen (secondary N) is 1. The minimum Gasteiger partial charge on any atom is -0.349 e. The number of alkyl halides is 3. The molecule has 1 aromatic carbocycles. The topological polar surface area (TPSA) is 118 Å². The van der Waals surface area contributed by atoms with Gasteiger partial charge in [0.05, 0.1) is 35.2 Å². The summed E-state index contributed by atoms with van der Waals surface area (Å²) in [6.45, 7) is 1.61. The lowest BCUT2D eigenvalue weighted by atomic mass is 10.2. The standard InChI is InChI=1S/C22H20F4N6O3S/c1-13-2-7-19(32(13)36(34,35)16-5-3-14(23)4-6-16)21(33)29-9-15-8-17(31-12-30-15)18-10-28-20(11-27-18)22(24,25)26/h3-6,8,10-13,19H,2,7,9H2,1H3,(H,29,33)/t13-,19-/m0/s1. The van der Waals surface area contributed by atoms with E-state index in [1.807, 2.05) is 0 Å². The molecule has 1 aliphatic rings. The lowest BCUT2D eigenvalue weighted by Gasteiger charge is -2.27. The van der Waals surface area contributed by atoms with E-state index in [-0.39, 0.29) is 22.8 Å². The number of hydrogen-bond donors (Lipinski definition) is 1. The lowest BCUT2D eigenvalue weighted by molar-refractivity contribution is -0.141. The van der Waals surface area contributed by atoms with Crippen LogP contribution in [-0.4, -0.2) is 50.6 Å². The maximum atomic E-state index is 13.3. The molecule has 1 fully saturated rings. The third-order valence-corrected chi connectivity index (χ3v) is 7.70. The summed E-state index contributed by atoms with van der Waals surface area (Å²) < 4.78 is 78.8. The monoisotopic (exact) mass is 524 g/mol. The molecule has 0 bridgehead atoms. The van der Waals surface area contributed by atoms with Crippen LogP contribution in [0, 0.1) is 5.82 Å². The highest BCUT2D eigenvalue weighted by molar-refractivity contribution is 7.89. The Morgan fingerprint density at radius 2 is 1.78 bits per heavy atom. The van der Waals surface area contributed by atoms with Gasteiger partial charge in [-0.15, -0.1) is 0 Å². The van der Waals surface area contributed by atoms with Crippen LogP contribution in [0.15, 0.2) is 53.9 Å². The van der Waals surface area contributed by atoms with Crippen LogP contribution in [0.4, 0.5) is 17.6 Å². The second-order valence-electron chi connectivity index (χ2n) is 8.13. The van der Waals surface area contributed by atoms with Crippen molar-refractivity contribution < 1.29 is 30.8 Å². The maximum absolute atomic E-state index is 13.3. The molecule has 2 atom stereocenters. The van der Waals surface area contributed by atoms with Crippen molar-refractivity contribution in [2.24, 2.45) is 0 Å². The molecule has 2 aromatic heterocycles. The number of aromatic nitrogens is 4. The van der Waals surface area contributed by atoms with Gasteiger partial charge in [0.15, 0.2) is 5.69 Å². The zero-order valence-electron chi connectivity index (χ0n) is 18.8. The quantitative estimate of drug-likeness (QED) is 0.493. The van der Waals surface area contributed by atoms with Gasteiger partial charge in [0.1, 0.15) is 23.9 Å². The zero-order valence-corrected chi connectivity index (χ0v) is 19.6. The SMILES string of the molecule is C[C@H]1CC[C@@H](C(=O)NCc2cc(-c3cnc(C(F)(F)F)cn3)ncn2)N1S(=O)(=O)c1ccc(F)cc1. The van der Waals surface area contributed by atoms with Crippen molar-refractivity contribution in [1.29, 1.82) is 0 Å². The van der Waals surface area contributed by atoms with Gasteiger partial charge in [-0.3, -0.25) is 9.78 Å². The Bertz CT molecular complexity index is 1350. The van der Waals surface area contributed by atoms with Crippen molar-refractivity contribution in [2.75, 3.05) is 0 Å². The van der Waals surface area contributed by atoms with Crippen LogP contribution in [0.5, 0.6) is 0 Å². The number of sulfonamides is 1. The largest absolute Gasteiger partial charge is 0.434 e. The van der Waals surface area contributed by atoms with E-state index in [1.165, 1.54) is 12.4 Å². The van der Waals surface area contributed by atoms with E-state index in [4.69, 9.17) is 0 Å². The Hall–Kier alpha value is -3.52. The summed E-state index contributed by atoms with van der Waals surface area (Å²) in [6.07, 6.45) is -1.17. The van der Waals surface area contributed by atoms with Crippen molar-refractivity contribution in [2.45, 2.75) is 49.5 Å². The number of benzene rings is 1. The molecule has 0 aliphatic carbocycles. The first kappa shape index (κ1) is 25.6. The van der Waals surface area contributed by atoms with Crippen LogP contribution < -0.4 is 5.32 Å². The van der Waals surface area contributed by atoms with Gasteiger partial charge >= 0.3 is 6.18 Å². The Balaban J connectivity index is 1.47. The van der Waals surface area contributed by atoms with Crippen molar-refractivity contribution in [1.82, 2.24) is 29.6 Å². The smallest absolute Gasteiger partial charge is 0.349 e. The molecule has 9 nitrogen and oxygen atoms in total. The molecule has 0 saturated carbocycles. The zero-order chi connectivity index (χ0) is 26.1. The summed E-state index contributed by atoms with van der Waals surface area (Å²) in [5.74, 6) is -1.12. The van der Waals surface area contributed by atoms with E-state index in [1.54, 1.807) is 6.92 Å². The molecule has 1 saturated heterocycles. The highest BCUT2D eigenvalue weighted by Crippen LogP contribution is 2.31. The average molecular weight is 525 g/mol. The molecule has 0 radical (unpaired) electrons. The number of nitrogens with zero attached hydrogens (tertiary/aromatic N) is 5. The highest BCUT2D eigenvalue weighted by atomic mass is 32.2. The molecular weight excluding hydrogens is 504 g/mol. The lowest BCUT2D eigenvalue weighted by Crippen LogP contribution is -2.48. The summed E-state index contributed by atoms with van der Waals surface area (Å²) in [5.41, 5.74) is -0.530. The van der Waals surface area contributed by atoms with E-state index in [0.717, 1.165) is 34.8 Å². The number of halogens is 4. The van der Waals surface area contributed by atoms with Crippen LogP contribution in [0.3, 0.4) is 0 Å². The summed E-state index contributed by atoms with van der Waals surface area (Å²) >= 11 is 0. The molecule has 0 spiro atoms. The fourth-order valence-corrected chi connectivity index (χ4v) is 5.72. The third kappa shape index (κ3) is 5.33. The van der Waals surface area contributed by atoms with Gasteiger partial charge < -0.3 is 5.32 Å². The molecular formula is C22H20F4N6O3S. The molecule has 4 rings (SSSR count). The fourth-order valence-electron chi connectivity index (χ4n) is 3.88. The van der Waals surface area contributed by atoms with Crippen molar-refractivity contribution in [3.8, 4) is 11.4 Å². The van der Waals surface area contributed by atoms with Gasteiger partial charge in [-0.1, -0.05) is 0 Å². The van der Waals surface area contributed by atoms with Crippen LogP contribution in [-0.2, 0) is 27.5 Å². The Morgan fingerprint density at radius 3 is 2.42 bits per heavy atom. The Kier molecular flexibility index (Phi) is 7.00. The first-order chi connectivity index (χ1) is 17.0. The number of carbonyl (C=O) groups is 1. The average Bonchev–Trinajstić information content (AvgIpc) is 3.25. The van der Waals surface area contributed by atoms with Gasteiger partial charge in [-0.25, -0.2) is 27.8 Å². The van der Waals surface area contributed by atoms with E-state index < -0.39 is 45.7 Å². The minimum absolute atomic E-state index is 0.0826. The molecule has 1 aliphatic heterocycles. The van der Waals surface area contributed by atoms with E-state index in [2.05, 4.69) is 25.3 Å². The second-order valence-corrected chi connectivity index (χ2v) is 9.97. The number of carbonyl (C=O) groups excluding carboxylic acids is 1. The Morgan fingerprint density at radius 1 is 1.06 bits per heavy atom. The van der Waals surface area contributed by atoms with Gasteiger partial charge in [-0.05, 0) is 50.1 Å². The summed E-state index contributed by atoms with van der Waals surface area (Å²) in [7, 11) is -4.05. The second kappa shape index (κ2) is 9.85. The molecule has 36 heavy (non-hydrogen) atoms. The van der Waals surface area contributed by atoms with E-state index in [0.29, 0.717) is 24.7 Å². The number of amides is 1. The minimum atomic E-state index is -4.62. The molecule has 14 heteroatoms. The number of hydrogen-bond acceptors (Lipinski definition) is 7. The van der Waals surface area contributed by atoms with E-state index in [9.17, 15) is 30.8 Å². The predicted molar refractivity (Wildman–Crippen MR) is 118 cm³/mol. The molecule has 1 amide bonds. The predicted octanol–water partition coefficient (Wildman–Crippen LogP) is 2.95. The first-order valence-electron chi connectivity index (χ1n) is 10.7. The molecule has 0 unspecified atom stereocenters. The van der Waals surface area contributed by atoms with Gasteiger partial charge in [0, 0.05) is 6.04 Å². The van der Waals surface area contributed by atoms with Gasteiger partial charge in [-0.2, -0.15) is 17.5 Å². The van der Waals surface area contributed by atoms with Gasteiger partial charge in [0.25, 0.3) is 0 Å². The van der Waals surface area contributed by atoms with Crippen LogP contribution in [0.1, 0.15) is 31.2 Å². The fraction of sp³-hybridized carbons (Fsp3) is 0.318. The van der Waals surface area contributed by atoms with Crippen molar-refractivity contribution >= 4 is 15.9 Å².